The Labute approximate surface area is 132 Å². The Balaban J connectivity index is 2.17. The largest absolute Gasteiger partial charge is 0.496 e. The summed E-state index contributed by atoms with van der Waals surface area (Å²) >= 11 is 0. The predicted octanol–water partition coefficient (Wildman–Crippen LogP) is 3.06. The number of nitrogens with one attached hydrogen (secondary N) is 1. The molecule has 1 aliphatic carbocycles. The van der Waals surface area contributed by atoms with Crippen LogP contribution in [0.2, 0.25) is 0 Å². The number of carbonyl (C=O) groups is 1. The van der Waals surface area contributed by atoms with Crippen molar-refractivity contribution in [2.24, 2.45) is 11.8 Å². The molecule has 1 aromatic carbocycles. The Morgan fingerprint density at radius 2 is 2.09 bits per heavy atom. The Bertz CT molecular complexity index is 501. The van der Waals surface area contributed by atoms with E-state index in [1.54, 1.807) is 7.11 Å². The molecule has 1 saturated carbocycles. The van der Waals surface area contributed by atoms with Gasteiger partial charge in [-0.25, -0.2) is 0 Å². The van der Waals surface area contributed by atoms with Crippen molar-refractivity contribution in [2.45, 2.75) is 51.7 Å². The lowest BCUT2D eigenvalue weighted by Gasteiger charge is -2.25. The average molecular weight is 305 g/mol. The lowest BCUT2D eigenvalue weighted by atomic mass is 9.95. The summed E-state index contributed by atoms with van der Waals surface area (Å²) in [6, 6.07) is 7.71. The van der Waals surface area contributed by atoms with Crippen molar-refractivity contribution in [3.63, 3.8) is 0 Å². The molecule has 0 aliphatic heterocycles. The van der Waals surface area contributed by atoms with Gasteiger partial charge in [-0.05, 0) is 37.7 Å². The molecule has 0 spiro atoms. The molecule has 3 atom stereocenters. The van der Waals surface area contributed by atoms with Crippen molar-refractivity contribution in [3.8, 4) is 5.75 Å². The summed E-state index contributed by atoms with van der Waals surface area (Å²) in [5.41, 5.74) is 1.000. The maximum atomic E-state index is 12.5. The Morgan fingerprint density at radius 1 is 1.36 bits per heavy atom. The minimum atomic E-state index is -0.502. The first kappa shape index (κ1) is 16.8. The van der Waals surface area contributed by atoms with Crippen LogP contribution >= 0.6 is 0 Å². The van der Waals surface area contributed by atoms with E-state index in [2.05, 4.69) is 19.2 Å². The molecule has 122 valence electrons. The van der Waals surface area contributed by atoms with Crippen LogP contribution in [0.5, 0.6) is 5.75 Å². The molecule has 2 rings (SSSR count). The van der Waals surface area contributed by atoms with E-state index in [1.807, 2.05) is 24.3 Å². The van der Waals surface area contributed by atoms with Gasteiger partial charge in [0.25, 0.3) is 0 Å². The number of amides is 1. The molecular weight excluding hydrogens is 278 g/mol. The highest BCUT2D eigenvalue weighted by atomic mass is 16.5. The minimum absolute atomic E-state index is 0.0402. The van der Waals surface area contributed by atoms with E-state index in [9.17, 15) is 9.90 Å². The van der Waals surface area contributed by atoms with Gasteiger partial charge in [0.15, 0.2) is 0 Å². The quantitative estimate of drug-likeness (QED) is 0.849. The number of rotatable bonds is 6. The first-order chi connectivity index (χ1) is 10.5. The van der Waals surface area contributed by atoms with Crippen molar-refractivity contribution < 1.29 is 14.6 Å². The molecule has 2 N–H and O–H groups in total. The van der Waals surface area contributed by atoms with E-state index in [4.69, 9.17) is 4.74 Å². The van der Waals surface area contributed by atoms with Gasteiger partial charge in [0.05, 0.1) is 25.2 Å². The van der Waals surface area contributed by atoms with Gasteiger partial charge >= 0.3 is 0 Å². The van der Waals surface area contributed by atoms with E-state index in [1.165, 1.54) is 0 Å². The summed E-state index contributed by atoms with van der Waals surface area (Å²) in [4.78, 5) is 12.5. The maximum Gasteiger partial charge on any atom is 0.226 e. The molecule has 0 radical (unpaired) electrons. The van der Waals surface area contributed by atoms with Gasteiger partial charge < -0.3 is 15.2 Å². The second-order valence-electron chi connectivity index (χ2n) is 6.54. The zero-order valence-electron chi connectivity index (χ0n) is 13.7. The highest BCUT2D eigenvalue weighted by molar-refractivity contribution is 5.80. The van der Waals surface area contributed by atoms with Gasteiger partial charge in [-0.3, -0.25) is 4.79 Å². The van der Waals surface area contributed by atoms with E-state index in [0.29, 0.717) is 5.92 Å². The summed E-state index contributed by atoms with van der Waals surface area (Å²) in [5, 5.41) is 13.1. The van der Waals surface area contributed by atoms with E-state index in [0.717, 1.165) is 37.0 Å². The van der Waals surface area contributed by atoms with Crippen molar-refractivity contribution in [2.75, 3.05) is 7.11 Å². The number of aliphatic hydroxyl groups is 1. The maximum absolute atomic E-state index is 12.5. The predicted molar refractivity (Wildman–Crippen MR) is 86.7 cm³/mol. The van der Waals surface area contributed by atoms with Gasteiger partial charge in [0, 0.05) is 5.56 Å². The van der Waals surface area contributed by atoms with Crippen molar-refractivity contribution in [1.29, 1.82) is 0 Å². The van der Waals surface area contributed by atoms with Crippen LogP contribution < -0.4 is 10.1 Å². The fourth-order valence-electron chi connectivity index (χ4n) is 3.21. The van der Waals surface area contributed by atoms with Crippen LogP contribution in [0.15, 0.2) is 24.3 Å². The van der Waals surface area contributed by atoms with Crippen LogP contribution in [0.25, 0.3) is 0 Å². The number of ether oxygens (including phenoxy) is 1. The Hall–Kier alpha value is -1.55. The Kier molecular flexibility index (Phi) is 5.83. The lowest BCUT2D eigenvalue weighted by molar-refractivity contribution is -0.128. The van der Waals surface area contributed by atoms with Crippen LogP contribution in [0, 0.1) is 11.8 Å². The molecule has 22 heavy (non-hydrogen) atoms. The SMILES string of the molecule is COc1ccccc1C(CC(C)C)NC(=O)C1CCCC1O. The van der Waals surface area contributed by atoms with Gasteiger partial charge in [-0.15, -0.1) is 0 Å². The molecule has 1 fully saturated rings. The van der Waals surface area contributed by atoms with E-state index in [-0.39, 0.29) is 17.9 Å². The normalized spacial score (nSPS) is 22.6. The van der Waals surface area contributed by atoms with Gasteiger partial charge in [0.1, 0.15) is 5.75 Å². The number of benzene rings is 1. The zero-order valence-corrected chi connectivity index (χ0v) is 13.7. The van der Waals surface area contributed by atoms with Crippen molar-refractivity contribution in [1.82, 2.24) is 5.32 Å². The third-order valence-electron chi connectivity index (χ3n) is 4.35. The van der Waals surface area contributed by atoms with Crippen LogP contribution in [0.4, 0.5) is 0 Å². The average Bonchev–Trinajstić information content (AvgIpc) is 2.92. The molecule has 0 saturated heterocycles. The van der Waals surface area contributed by atoms with Gasteiger partial charge in [-0.1, -0.05) is 32.0 Å². The summed E-state index contributed by atoms with van der Waals surface area (Å²) in [5.74, 6) is 0.926. The third-order valence-corrected chi connectivity index (χ3v) is 4.35. The molecule has 1 aliphatic rings. The standard InChI is InChI=1S/C18H27NO3/c1-12(2)11-15(13-7-4-5-10-17(13)22-3)19-18(21)14-8-6-9-16(14)20/h4-5,7,10,12,14-16,20H,6,8-9,11H2,1-3H3,(H,19,21). The summed E-state index contributed by atoms with van der Waals surface area (Å²) < 4.78 is 5.44. The fourth-order valence-corrected chi connectivity index (χ4v) is 3.21. The topological polar surface area (TPSA) is 58.6 Å². The second-order valence-corrected chi connectivity index (χ2v) is 6.54. The number of carbonyl (C=O) groups excluding carboxylic acids is 1. The summed E-state index contributed by atoms with van der Waals surface area (Å²) in [7, 11) is 1.65. The third kappa shape index (κ3) is 4.01. The first-order valence-corrected chi connectivity index (χ1v) is 8.14. The Morgan fingerprint density at radius 3 is 2.68 bits per heavy atom. The van der Waals surface area contributed by atoms with Crippen molar-refractivity contribution >= 4 is 5.91 Å². The molecule has 3 unspecified atom stereocenters. The molecule has 4 nitrogen and oxygen atoms in total. The van der Waals surface area contributed by atoms with Crippen LogP contribution in [0.3, 0.4) is 0 Å². The number of hydrogen-bond donors (Lipinski definition) is 2. The van der Waals surface area contributed by atoms with E-state index < -0.39 is 6.10 Å². The summed E-state index contributed by atoms with van der Waals surface area (Å²) in [6.07, 6.45) is 2.75. The van der Waals surface area contributed by atoms with E-state index >= 15 is 0 Å². The molecule has 0 aromatic heterocycles. The van der Waals surface area contributed by atoms with Gasteiger partial charge in [0.2, 0.25) is 5.91 Å². The zero-order chi connectivity index (χ0) is 16.1. The monoisotopic (exact) mass is 305 g/mol. The first-order valence-electron chi connectivity index (χ1n) is 8.14. The van der Waals surface area contributed by atoms with Crippen LogP contribution in [0.1, 0.15) is 51.1 Å². The smallest absolute Gasteiger partial charge is 0.226 e. The molecule has 0 heterocycles. The summed E-state index contributed by atoms with van der Waals surface area (Å²) in [6.45, 7) is 4.28. The minimum Gasteiger partial charge on any atom is -0.496 e. The molecule has 4 heteroatoms. The number of methoxy groups -OCH3 is 1. The number of hydrogen-bond acceptors (Lipinski definition) is 3. The highest BCUT2D eigenvalue weighted by Crippen LogP contribution is 2.31. The van der Waals surface area contributed by atoms with Gasteiger partial charge in [-0.2, -0.15) is 0 Å². The molecular formula is C18H27NO3. The van der Waals surface area contributed by atoms with Crippen molar-refractivity contribution in [3.05, 3.63) is 29.8 Å². The molecule has 0 bridgehead atoms. The van der Waals surface area contributed by atoms with Crippen LogP contribution in [-0.2, 0) is 4.79 Å². The fraction of sp³-hybridized carbons (Fsp3) is 0.611. The number of para-hydroxylation sites is 1. The molecule has 1 aromatic rings. The highest BCUT2D eigenvalue weighted by Gasteiger charge is 2.33. The second kappa shape index (κ2) is 7.63. The lowest BCUT2D eigenvalue weighted by Crippen LogP contribution is -2.37. The van der Waals surface area contributed by atoms with Crippen LogP contribution in [-0.4, -0.2) is 24.2 Å². The number of aliphatic hydroxyl groups excluding tert-OH is 1. The molecule has 1 amide bonds.